The molecule has 0 aliphatic rings. The molecule has 4 N–H and O–H groups in total. The number of aromatic amines is 1. The van der Waals surface area contributed by atoms with Crippen LogP contribution >= 0.6 is 24.8 Å². The summed E-state index contributed by atoms with van der Waals surface area (Å²) in [6, 6.07) is 0.908. The Morgan fingerprint density at radius 3 is 2.57 bits per heavy atom. The second kappa shape index (κ2) is 8.33. The maximum absolute atomic E-state index is 11.9. The van der Waals surface area contributed by atoms with Crippen LogP contribution in [0.25, 0.3) is 5.65 Å². The van der Waals surface area contributed by atoms with Gasteiger partial charge in [-0.3, -0.25) is 14.7 Å². The minimum Gasteiger partial charge on any atom is -0.351 e. The first-order valence-electron chi connectivity index (χ1n) is 6.92. The molecule has 0 saturated carbocycles. The van der Waals surface area contributed by atoms with Crippen molar-refractivity contribution in [3.8, 4) is 0 Å². The quantitative estimate of drug-likeness (QED) is 0.755. The van der Waals surface area contributed by atoms with Crippen molar-refractivity contribution in [1.29, 1.82) is 0 Å². The van der Waals surface area contributed by atoms with Crippen LogP contribution < -0.4 is 16.6 Å². The van der Waals surface area contributed by atoms with Gasteiger partial charge in [-0.2, -0.15) is 0 Å². The van der Waals surface area contributed by atoms with Gasteiger partial charge in [0.1, 0.15) is 0 Å². The topological polar surface area (TPSA) is 105 Å². The number of fused-ring (bicyclic) bond motifs is 1. The fourth-order valence-electron chi connectivity index (χ4n) is 2.21. The predicted octanol–water partition coefficient (Wildman–Crippen LogP) is 1.08. The van der Waals surface area contributed by atoms with Crippen molar-refractivity contribution in [2.45, 2.75) is 40.3 Å². The molecule has 1 amide bonds. The Labute approximate surface area is 146 Å². The molecule has 2 aromatic heterocycles. The van der Waals surface area contributed by atoms with Crippen molar-refractivity contribution < 1.29 is 4.79 Å². The Kier molecular flexibility index (Phi) is 7.76. The number of nitrogens with one attached hydrogen (secondary N) is 2. The first-order valence-corrected chi connectivity index (χ1v) is 6.92. The highest BCUT2D eigenvalue weighted by molar-refractivity contribution is 5.85. The van der Waals surface area contributed by atoms with E-state index in [9.17, 15) is 9.59 Å². The molecule has 2 rings (SSSR count). The van der Waals surface area contributed by atoms with Gasteiger partial charge in [0.2, 0.25) is 5.91 Å². The van der Waals surface area contributed by atoms with Crippen LogP contribution in [0.2, 0.25) is 0 Å². The van der Waals surface area contributed by atoms with Crippen LogP contribution in [-0.4, -0.2) is 26.5 Å². The lowest BCUT2D eigenvalue weighted by Crippen LogP contribution is -2.43. The van der Waals surface area contributed by atoms with Crippen LogP contribution in [0.15, 0.2) is 10.9 Å². The van der Waals surface area contributed by atoms with Crippen molar-refractivity contribution in [3.05, 3.63) is 33.4 Å². The number of nitrogens with two attached hydrogens (primary N) is 1. The standard InChI is InChI=1S/C14H21N5O2.2ClH/c1-7(2)13(15)14(21)16-6-10-8(3)17-11-5-12(20)18-19(11)9(10)4;;/h5,7,13H,6,15H2,1-4H3,(H,16,21)(H,18,20);2*1H/t13-;;/m0../s1. The van der Waals surface area contributed by atoms with Crippen molar-refractivity contribution in [1.82, 2.24) is 19.9 Å². The fourth-order valence-corrected chi connectivity index (χ4v) is 2.21. The molecule has 0 saturated heterocycles. The number of halogens is 2. The van der Waals surface area contributed by atoms with Crippen LogP contribution in [-0.2, 0) is 11.3 Å². The summed E-state index contributed by atoms with van der Waals surface area (Å²) in [5.74, 6) is -0.113. The summed E-state index contributed by atoms with van der Waals surface area (Å²) in [6.45, 7) is 7.87. The van der Waals surface area contributed by atoms with Gasteiger partial charge in [0.15, 0.2) is 5.65 Å². The normalized spacial score (nSPS) is 11.7. The van der Waals surface area contributed by atoms with Crippen molar-refractivity contribution >= 4 is 36.4 Å². The zero-order valence-electron chi connectivity index (χ0n) is 13.5. The average Bonchev–Trinajstić information content (AvgIpc) is 2.77. The van der Waals surface area contributed by atoms with Crippen LogP contribution in [0, 0.1) is 19.8 Å². The van der Waals surface area contributed by atoms with E-state index in [1.54, 1.807) is 4.52 Å². The molecule has 0 aliphatic heterocycles. The van der Waals surface area contributed by atoms with E-state index in [2.05, 4.69) is 15.4 Å². The third-order valence-electron chi connectivity index (χ3n) is 3.66. The molecule has 0 aliphatic carbocycles. The molecule has 23 heavy (non-hydrogen) atoms. The number of aromatic nitrogens is 3. The Bertz CT molecular complexity index is 739. The molecule has 0 spiro atoms. The molecule has 0 unspecified atom stereocenters. The molecular weight excluding hydrogens is 341 g/mol. The van der Waals surface area contributed by atoms with Gasteiger partial charge >= 0.3 is 0 Å². The maximum Gasteiger partial charge on any atom is 0.266 e. The summed E-state index contributed by atoms with van der Waals surface area (Å²) >= 11 is 0. The zero-order chi connectivity index (χ0) is 15.7. The Morgan fingerprint density at radius 1 is 1.39 bits per heavy atom. The summed E-state index contributed by atoms with van der Waals surface area (Å²) < 4.78 is 1.62. The molecular formula is C14H23Cl2N5O2. The number of rotatable bonds is 4. The maximum atomic E-state index is 11.9. The van der Waals surface area contributed by atoms with Crippen LogP contribution in [0.4, 0.5) is 0 Å². The van der Waals surface area contributed by atoms with Gasteiger partial charge in [-0.05, 0) is 19.8 Å². The van der Waals surface area contributed by atoms with E-state index < -0.39 is 6.04 Å². The third-order valence-corrected chi connectivity index (χ3v) is 3.66. The Balaban J connectivity index is 0.00000242. The van der Waals surface area contributed by atoms with Gasteiger partial charge in [0.05, 0.1) is 6.04 Å². The molecule has 2 aromatic rings. The number of carbonyl (C=O) groups is 1. The summed E-state index contributed by atoms with van der Waals surface area (Å²) in [5.41, 5.74) is 8.69. The molecule has 0 fully saturated rings. The van der Waals surface area contributed by atoms with Gasteiger partial charge in [0, 0.05) is 29.6 Å². The number of carbonyl (C=O) groups excluding carboxylic acids is 1. The van der Waals surface area contributed by atoms with E-state index in [-0.39, 0.29) is 42.2 Å². The van der Waals surface area contributed by atoms with Crippen LogP contribution in [0.5, 0.6) is 0 Å². The Hall–Kier alpha value is -1.57. The molecule has 0 radical (unpaired) electrons. The van der Waals surface area contributed by atoms with Gasteiger partial charge in [-0.15, -0.1) is 24.8 Å². The fraction of sp³-hybridized carbons (Fsp3) is 0.500. The number of hydrogen-bond donors (Lipinski definition) is 3. The van der Waals surface area contributed by atoms with Gasteiger partial charge in [-0.25, -0.2) is 9.50 Å². The summed E-state index contributed by atoms with van der Waals surface area (Å²) in [7, 11) is 0. The highest BCUT2D eigenvalue weighted by atomic mass is 35.5. The molecule has 2 heterocycles. The number of H-pyrrole nitrogens is 1. The highest BCUT2D eigenvalue weighted by Gasteiger charge is 2.18. The minimum atomic E-state index is -0.534. The molecule has 0 bridgehead atoms. The molecule has 7 nitrogen and oxygen atoms in total. The molecule has 130 valence electrons. The number of amides is 1. The van der Waals surface area contributed by atoms with Crippen LogP contribution in [0.3, 0.4) is 0 Å². The largest absolute Gasteiger partial charge is 0.351 e. The average molecular weight is 364 g/mol. The summed E-state index contributed by atoms with van der Waals surface area (Å²) in [5, 5.41) is 5.51. The van der Waals surface area contributed by atoms with Gasteiger partial charge in [-0.1, -0.05) is 13.8 Å². The van der Waals surface area contributed by atoms with E-state index in [0.29, 0.717) is 12.2 Å². The molecule has 0 aromatic carbocycles. The van der Waals surface area contributed by atoms with Crippen molar-refractivity contribution in [2.75, 3.05) is 0 Å². The SMILES string of the molecule is Cc1nc2cc(=O)[nH]n2c(C)c1CNC(=O)[C@@H](N)C(C)C.Cl.Cl. The summed E-state index contributed by atoms with van der Waals surface area (Å²) in [4.78, 5) is 27.7. The lowest BCUT2D eigenvalue weighted by Gasteiger charge is -2.17. The predicted molar refractivity (Wildman–Crippen MR) is 94.4 cm³/mol. The molecule has 1 atom stereocenters. The minimum absolute atomic E-state index is 0. The van der Waals surface area contributed by atoms with Gasteiger partial charge < -0.3 is 11.1 Å². The van der Waals surface area contributed by atoms with E-state index in [1.807, 2.05) is 27.7 Å². The lowest BCUT2D eigenvalue weighted by atomic mass is 10.0. The number of hydrogen-bond acceptors (Lipinski definition) is 4. The second-order valence-corrected chi connectivity index (χ2v) is 5.56. The monoisotopic (exact) mass is 363 g/mol. The zero-order valence-corrected chi connectivity index (χ0v) is 15.2. The van der Waals surface area contributed by atoms with Gasteiger partial charge in [0.25, 0.3) is 5.56 Å². The smallest absolute Gasteiger partial charge is 0.266 e. The molecule has 9 heteroatoms. The first-order chi connectivity index (χ1) is 9.81. The van der Waals surface area contributed by atoms with Crippen LogP contribution in [0.1, 0.15) is 30.8 Å². The van der Waals surface area contributed by atoms with E-state index >= 15 is 0 Å². The number of aryl methyl sites for hydroxylation is 2. The summed E-state index contributed by atoms with van der Waals surface area (Å²) in [6.07, 6.45) is 0. The van der Waals surface area contributed by atoms with E-state index in [0.717, 1.165) is 17.0 Å². The first kappa shape index (κ1) is 21.4. The van der Waals surface area contributed by atoms with E-state index in [1.165, 1.54) is 6.07 Å². The Morgan fingerprint density at radius 2 is 2.00 bits per heavy atom. The van der Waals surface area contributed by atoms with Crippen molar-refractivity contribution in [3.63, 3.8) is 0 Å². The number of nitrogens with zero attached hydrogens (tertiary/aromatic N) is 2. The highest BCUT2D eigenvalue weighted by Crippen LogP contribution is 2.13. The lowest BCUT2D eigenvalue weighted by molar-refractivity contribution is -0.123. The third kappa shape index (κ3) is 4.46. The van der Waals surface area contributed by atoms with E-state index in [4.69, 9.17) is 5.73 Å². The second-order valence-electron chi connectivity index (χ2n) is 5.56. The van der Waals surface area contributed by atoms with Crippen molar-refractivity contribution in [2.24, 2.45) is 11.7 Å².